The summed E-state index contributed by atoms with van der Waals surface area (Å²) in [6.07, 6.45) is 2.19. The second kappa shape index (κ2) is 11.2. The molecule has 0 saturated carbocycles. The molecular formula is C22H33N5O5S. The van der Waals surface area contributed by atoms with Crippen LogP contribution in [0.5, 0.6) is 0 Å². The third-order valence-electron chi connectivity index (χ3n) is 5.93. The molecule has 0 radical (unpaired) electrons. The first-order valence-corrected chi connectivity index (χ1v) is 12.6. The van der Waals surface area contributed by atoms with Gasteiger partial charge in [0.05, 0.1) is 36.5 Å². The molecule has 1 N–H and O–H groups in total. The third-order valence-corrected chi connectivity index (χ3v) is 7.77. The largest absolute Gasteiger partial charge is 0.394 e. The van der Waals surface area contributed by atoms with E-state index in [9.17, 15) is 18.3 Å². The summed E-state index contributed by atoms with van der Waals surface area (Å²) in [5.41, 5.74) is 0.645. The molecule has 2 bridgehead atoms. The molecule has 33 heavy (non-hydrogen) atoms. The zero-order chi connectivity index (χ0) is 24.0. The van der Waals surface area contributed by atoms with Gasteiger partial charge in [-0.25, -0.2) is 8.42 Å². The predicted molar refractivity (Wildman–Crippen MR) is 122 cm³/mol. The van der Waals surface area contributed by atoms with Crippen LogP contribution in [0.3, 0.4) is 0 Å². The Bertz CT molecular complexity index is 1010. The Labute approximate surface area is 195 Å². The molecule has 0 aliphatic carbocycles. The fraction of sp³-hybridized carbons (Fsp3) is 0.591. The first-order valence-electron chi connectivity index (χ1n) is 11.1. The first-order chi connectivity index (χ1) is 15.7. The molecule has 3 atom stereocenters. The zero-order valence-electron chi connectivity index (χ0n) is 19.4. The topological polar surface area (TPSA) is 118 Å². The monoisotopic (exact) mass is 479 g/mol. The molecule has 1 amide bonds. The highest BCUT2D eigenvalue weighted by Crippen LogP contribution is 2.20. The smallest absolute Gasteiger partial charge is 0.242 e. The molecule has 0 saturated heterocycles. The fourth-order valence-corrected chi connectivity index (χ4v) is 5.02. The van der Waals surface area contributed by atoms with Crippen LogP contribution in [-0.4, -0.2) is 82.5 Å². The minimum absolute atomic E-state index is 0.0630. The molecular weight excluding hydrogens is 446 g/mol. The van der Waals surface area contributed by atoms with Gasteiger partial charge in [-0.2, -0.15) is 4.31 Å². The normalized spacial score (nSPS) is 21.8. The van der Waals surface area contributed by atoms with Crippen LogP contribution < -0.4 is 0 Å². The van der Waals surface area contributed by atoms with Crippen LogP contribution in [0.15, 0.2) is 41.4 Å². The Morgan fingerprint density at radius 3 is 2.73 bits per heavy atom. The summed E-state index contributed by atoms with van der Waals surface area (Å²) >= 11 is 0. The van der Waals surface area contributed by atoms with Gasteiger partial charge >= 0.3 is 0 Å². The number of aliphatic hydroxyl groups excluding tert-OH is 1. The number of hydrogen-bond acceptors (Lipinski definition) is 7. The average molecular weight is 480 g/mol. The Kier molecular flexibility index (Phi) is 8.57. The molecule has 3 rings (SSSR count). The molecule has 0 unspecified atom stereocenters. The van der Waals surface area contributed by atoms with E-state index in [1.807, 2.05) is 6.92 Å². The summed E-state index contributed by atoms with van der Waals surface area (Å²) in [6.45, 7) is 4.74. The maximum atomic E-state index is 13.1. The van der Waals surface area contributed by atoms with Crippen molar-refractivity contribution in [3.8, 4) is 0 Å². The number of nitrogens with zero attached hydrogens (tertiary/aromatic N) is 5. The number of hydrogen-bond donors (Lipinski definition) is 1. The molecule has 1 aromatic carbocycles. The number of aromatic nitrogens is 3. The van der Waals surface area contributed by atoms with Crippen molar-refractivity contribution in [2.75, 3.05) is 26.7 Å². The number of carbonyl (C=O) groups excluding carboxylic acids is 1. The van der Waals surface area contributed by atoms with E-state index in [0.717, 1.165) is 0 Å². The Hall–Kier alpha value is -2.34. The minimum atomic E-state index is -3.71. The second-order valence-electron chi connectivity index (χ2n) is 8.58. The summed E-state index contributed by atoms with van der Waals surface area (Å²) in [4.78, 5) is 14.8. The summed E-state index contributed by atoms with van der Waals surface area (Å²) in [5.74, 6) is -0.265. The highest BCUT2D eigenvalue weighted by atomic mass is 32.2. The lowest BCUT2D eigenvalue weighted by Gasteiger charge is -2.35. The lowest BCUT2D eigenvalue weighted by molar-refractivity contribution is -0.136. The number of fused-ring (bicyclic) bond motifs is 2. The minimum Gasteiger partial charge on any atom is -0.394 e. The van der Waals surface area contributed by atoms with Crippen LogP contribution in [-0.2, 0) is 32.7 Å². The molecule has 2 aromatic rings. The van der Waals surface area contributed by atoms with Gasteiger partial charge in [-0.3, -0.25) is 9.48 Å². The average Bonchev–Trinajstić information content (AvgIpc) is 3.27. The van der Waals surface area contributed by atoms with Crippen molar-refractivity contribution >= 4 is 15.9 Å². The molecule has 1 aliphatic rings. The van der Waals surface area contributed by atoms with Crippen molar-refractivity contribution in [1.29, 1.82) is 0 Å². The van der Waals surface area contributed by atoms with Crippen LogP contribution in [0.2, 0.25) is 0 Å². The van der Waals surface area contributed by atoms with E-state index < -0.39 is 16.1 Å². The number of rotatable bonds is 6. The summed E-state index contributed by atoms with van der Waals surface area (Å²) in [7, 11) is -2.18. The molecule has 2 heterocycles. The Morgan fingerprint density at radius 2 is 2.03 bits per heavy atom. The predicted octanol–water partition coefficient (Wildman–Crippen LogP) is 1.12. The third kappa shape index (κ3) is 6.38. The van der Waals surface area contributed by atoms with Gasteiger partial charge in [-0.1, -0.05) is 30.3 Å². The number of carbonyl (C=O) groups is 1. The van der Waals surface area contributed by atoms with E-state index in [-0.39, 0.29) is 42.5 Å². The van der Waals surface area contributed by atoms with E-state index >= 15 is 0 Å². The van der Waals surface area contributed by atoms with E-state index in [1.165, 1.54) is 11.4 Å². The number of aliphatic hydroxyl groups is 1. The van der Waals surface area contributed by atoms with Gasteiger partial charge in [0, 0.05) is 39.0 Å². The quantitative estimate of drug-likeness (QED) is 0.660. The Balaban J connectivity index is 1.85. The number of sulfonamides is 1. The van der Waals surface area contributed by atoms with Gasteiger partial charge in [-0.15, -0.1) is 5.10 Å². The van der Waals surface area contributed by atoms with Gasteiger partial charge in [0.15, 0.2) is 0 Å². The number of likely N-dealkylation sites (N-methyl/N-ethyl adjacent to an activating group) is 1. The maximum Gasteiger partial charge on any atom is 0.242 e. The van der Waals surface area contributed by atoms with Gasteiger partial charge < -0.3 is 14.7 Å². The van der Waals surface area contributed by atoms with Gasteiger partial charge in [0.1, 0.15) is 5.69 Å². The van der Waals surface area contributed by atoms with Crippen molar-refractivity contribution in [2.45, 2.75) is 56.9 Å². The Morgan fingerprint density at radius 1 is 1.30 bits per heavy atom. The number of benzene rings is 1. The molecule has 1 aliphatic heterocycles. The molecule has 0 fully saturated rings. The molecule has 0 spiro atoms. The van der Waals surface area contributed by atoms with E-state index in [2.05, 4.69) is 10.3 Å². The van der Waals surface area contributed by atoms with Crippen LogP contribution in [0, 0.1) is 5.92 Å². The second-order valence-corrected chi connectivity index (χ2v) is 10.6. The van der Waals surface area contributed by atoms with Crippen molar-refractivity contribution in [3.63, 3.8) is 0 Å². The summed E-state index contributed by atoms with van der Waals surface area (Å²) in [6, 6.07) is 7.89. The van der Waals surface area contributed by atoms with Gasteiger partial charge in [-0.05, 0) is 25.5 Å². The van der Waals surface area contributed by atoms with Gasteiger partial charge in [0.25, 0.3) is 0 Å². The van der Waals surface area contributed by atoms with E-state index in [1.54, 1.807) is 53.0 Å². The zero-order valence-corrected chi connectivity index (χ0v) is 20.2. The van der Waals surface area contributed by atoms with Crippen molar-refractivity contribution in [3.05, 3.63) is 42.2 Å². The van der Waals surface area contributed by atoms with Crippen molar-refractivity contribution in [1.82, 2.24) is 24.2 Å². The fourth-order valence-electron chi connectivity index (χ4n) is 3.82. The summed E-state index contributed by atoms with van der Waals surface area (Å²) < 4.78 is 35.2. The lowest BCUT2D eigenvalue weighted by atomic mass is 10.0. The number of ether oxygens (including phenoxy) is 1. The highest BCUT2D eigenvalue weighted by Gasteiger charge is 2.31. The van der Waals surface area contributed by atoms with Gasteiger partial charge in [0.2, 0.25) is 15.9 Å². The standard InChI is InChI=1S/C22H33N5O5S/c1-17-12-27(18(2)15-28)22(29)10-7-11-26-13-19(23-24-26)16-32-21(17)14-25(3)33(30,31)20-8-5-4-6-9-20/h4-6,8-9,13,17-18,21,28H,7,10-12,14-16H2,1-3H3/t17-,18-,21+/m0/s1. The number of amides is 1. The molecule has 1 aromatic heterocycles. The van der Waals surface area contributed by atoms with Crippen molar-refractivity contribution in [2.24, 2.45) is 5.92 Å². The SMILES string of the molecule is C[C@H]1CN([C@@H](C)CO)C(=O)CCCn2cc(nn2)CO[C@@H]1CN(C)S(=O)(=O)c1ccccc1. The van der Waals surface area contributed by atoms with Crippen LogP contribution in [0.1, 0.15) is 32.4 Å². The van der Waals surface area contributed by atoms with E-state index in [0.29, 0.717) is 31.6 Å². The highest BCUT2D eigenvalue weighted by molar-refractivity contribution is 7.89. The molecule has 10 nitrogen and oxygen atoms in total. The first kappa shape index (κ1) is 25.3. The number of aryl methyl sites for hydroxylation is 1. The van der Waals surface area contributed by atoms with Crippen LogP contribution in [0.4, 0.5) is 0 Å². The molecule has 11 heteroatoms. The van der Waals surface area contributed by atoms with E-state index in [4.69, 9.17) is 4.74 Å². The maximum absolute atomic E-state index is 13.1. The summed E-state index contributed by atoms with van der Waals surface area (Å²) in [5, 5.41) is 17.9. The molecule has 182 valence electrons. The van der Waals surface area contributed by atoms with Crippen molar-refractivity contribution < 1.29 is 23.1 Å². The lowest BCUT2D eigenvalue weighted by Crippen LogP contribution is -2.47. The van der Waals surface area contributed by atoms with Crippen LogP contribution in [0.25, 0.3) is 0 Å². The van der Waals surface area contributed by atoms with Crippen LogP contribution >= 0.6 is 0 Å².